The van der Waals surface area contributed by atoms with Crippen molar-refractivity contribution in [3.8, 4) is 0 Å². The standard InChI is InChI=1S/C16H24BrNO/c1-11(2)15-5-4-12(3)6-16(15)19-10-13-7-14(17)9-18-8-13/h7-9,11-12,15-16H,4-6,10H2,1-3H3. The molecule has 1 aliphatic carbocycles. The Balaban J connectivity index is 1.95. The van der Waals surface area contributed by atoms with Gasteiger partial charge in [-0.15, -0.1) is 0 Å². The number of hydrogen-bond donors (Lipinski definition) is 0. The largest absolute Gasteiger partial charge is 0.373 e. The van der Waals surface area contributed by atoms with Crippen molar-refractivity contribution >= 4 is 15.9 Å². The molecule has 106 valence electrons. The highest BCUT2D eigenvalue weighted by atomic mass is 79.9. The van der Waals surface area contributed by atoms with Gasteiger partial charge in [0.1, 0.15) is 0 Å². The molecule has 2 rings (SSSR count). The van der Waals surface area contributed by atoms with Crippen LogP contribution in [0.2, 0.25) is 0 Å². The molecule has 2 nitrogen and oxygen atoms in total. The summed E-state index contributed by atoms with van der Waals surface area (Å²) in [5.41, 5.74) is 1.15. The number of hydrogen-bond acceptors (Lipinski definition) is 2. The fraction of sp³-hybridized carbons (Fsp3) is 0.688. The van der Waals surface area contributed by atoms with Gasteiger partial charge >= 0.3 is 0 Å². The van der Waals surface area contributed by atoms with E-state index in [1.54, 1.807) is 0 Å². The van der Waals surface area contributed by atoms with Crippen molar-refractivity contribution in [2.75, 3.05) is 0 Å². The SMILES string of the molecule is CC1CCC(C(C)C)C(OCc2cncc(Br)c2)C1. The van der Waals surface area contributed by atoms with E-state index in [9.17, 15) is 0 Å². The van der Waals surface area contributed by atoms with Crippen LogP contribution in [0.3, 0.4) is 0 Å². The lowest BCUT2D eigenvalue weighted by Crippen LogP contribution is -2.34. The Morgan fingerprint density at radius 2 is 2.16 bits per heavy atom. The summed E-state index contributed by atoms with van der Waals surface area (Å²) in [5, 5.41) is 0. The summed E-state index contributed by atoms with van der Waals surface area (Å²) in [4.78, 5) is 4.19. The highest BCUT2D eigenvalue weighted by molar-refractivity contribution is 9.10. The molecule has 0 saturated heterocycles. The molecular weight excluding hydrogens is 302 g/mol. The second kappa shape index (κ2) is 6.85. The maximum atomic E-state index is 6.21. The van der Waals surface area contributed by atoms with Gasteiger partial charge in [0, 0.05) is 16.9 Å². The van der Waals surface area contributed by atoms with E-state index >= 15 is 0 Å². The molecule has 0 aliphatic heterocycles. The van der Waals surface area contributed by atoms with E-state index in [0.717, 1.165) is 16.0 Å². The first-order chi connectivity index (χ1) is 9.06. The monoisotopic (exact) mass is 325 g/mol. The minimum atomic E-state index is 0.405. The van der Waals surface area contributed by atoms with Crippen LogP contribution < -0.4 is 0 Å². The lowest BCUT2D eigenvalue weighted by Gasteiger charge is -2.37. The van der Waals surface area contributed by atoms with Gasteiger partial charge in [-0.1, -0.05) is 27.2 Å². The molecular formula is C16H24BrNO. The van der Waals surface area contributed by atoms with Crippen molar-refractivity contribution in [2.45, 2.75) is 52.7 Å². The van der Waals surface area contributed by atoms with E-state index in [1.807, 2.05) is 12.4 Å². The Bertz CT molecular complexity index is 407. The first-order valence-corrected chi connectivity index (χ1v) is 8.06. The summed E-state index contributed by atoms with van der Waals surface area (Å²) in [6.45, 7) is 7.65. The first kappa shape index (κ1) is 15.0. The van der Waals surface area contributed by atoms with Crippen LogP contribution in [0.25, 0.3) is 0 Å². The number of nitrogens with zero attached hydrogens (tertiary/aromatic N) is 1. The molecule has 1 saturated carbocycles. The van der Waals surface area contributed by atoms with Crippen molar-refractivity contribution in [1.82, 2.24) is 4.98 Å². The minimum Gasteiger partial charge on any atom is -0.373 e. The number of ether oxygens (including phenoxy) is 1. The van der Waals surface area contributed by atoms with Gasteiger partial charge in [-0.05, 0) is 58.2 Å². The number of rotatable bonds is 4. The van der Waals surface area contributed by atoms with Gasteiger partial charge in [-0.3, -0.25) is 4.98 Å². The third kappa shape index (κ3) is 4.28. The van der Waals surface area contributed by atoms with Crippen molar-refractivity contribution in [3.63, 3.8) is 0 Å². The molecule has 0 radical (unpaired) electrons. The molecule has 1 aliphatic rings. The van der Waals surface area contributed by atoms with Crippen molar-refractivity contribution in [2.24, 2.45) is 17.8 Å². The average Bonchev–Trinajstić information content (AvgIpc) is 2.36. The summed E-state index contributed by atoms with van der Waals surface area (Å²) < 4.78 is 7.23. The zero-order valence-corrected chi connectivity index (χ0v) is 13.7. The number of aromatic nitrogens is 1. The molecule has 3 heteroatoms. The number of pyridine rings is 1. The van der Waals surface area contributed by atoms with Crippen LogP contribution in [-0.4, -0.2) is 11.1 Å². The second-order valence-electron chi connectivity index (χ2n) is 6.19. The summed E-state index contributed by atoms with van der Waals surface area (Å²) >= 11 is 3.45. The van der Waals surface area contributed by atoms with Gasteiger partial charge < -0.3 is 4.74 Å². The Kier molecular flexibility index (Phi) is 5.40. The van der Waals surface area contributed by atoms with Gasteiger partial charge in [0.05, 0.1) is 12.7 Å². The van der Waals surface area contributed by atoms with Gasteiger partial charge in [-0.2, -0.15) is 0 Å². The minimum absolute atomic E-state index is 0.405. The molecule has 1 aromatic rings. The maximum absolute atomic E-state index is 6.21. The van der Waals surface area contributed by atoms with E-state index in [1.165, 1.54) is 19.3 Å². The highest BCUT2D eigenvalue weighted by Gasteiger charge is 2.31. The summed E-state index contributed by atoms with van der Waals surface area (Å²) in [7, 11) is 0. The highest BCUT2D eigenvalue weighted by Crippen LogP contribution is 2.35. The van der Waals surface area contributed by atoms with Gasteiger partial charge in [0.15, 0.2) is 0 Å². The second-order valence-corrected chi connectivity index (χ2v) is 7.10. The Morgan fingerprint density at radius 1 is 1.37 bits per heavy atom. The van der Waals surface area contributed by atoms with E-state index < -0.39 is 0 Å². The normalized spacial score (nSPS) is 27.7. The molecule has 0 aromatic carbocycles. The van der Waals surface area contributed by atoms with E-state index in [0.29, 0.717) is 24.5 Å². The quantitative estimate of drug-likeness (QED) is 0.791. The van der Waals surface area contributed by atoms with Crippen molar-refractivity contribution < 1.29 is 4.74 Å². The van der Waals surface area contributed by atoms with E-state index in [4.69, 9.17) is 4.74 Å². The van der Waals surface area contributed by atoms with E-state index in [-0.39, 0.29) is 0 Å². The molecule has 3 atom stereocenters. The topological polar surface area (TPSA) is 22.1 Å². The van der Waals surface area contributed by atoms with Crippen LogP contribution in [0.1, 0.15) is 45.6 Å². The first-order valence-electron chi connectivity index (χ1n) is 7.27. The van der Waals surface area contributed by atoms with Crippen LogP contribution >= 0.6 is 15.9 Å². The summed E-state index contributed by atoms with van der Waals surface area (Å²) in [5.74, 6) is 2.20. The zero-order chi connectivity index (χ0) is 13.8. The van der Waals surface area contributed by atoms with Crippen LogP contribution in [-0.2, 0) is 11.3 Å². The molecule has 0 spiro atoms. The Morgan fingerprint density at radius 3 is 2.84 bits per heavy atom. The van der Waals surface area contributed by atoms with Crippen molar-refractivity contribution in [3.05, 3.63) is 28.5 Å². The van der Waals surface area contributed by atoms with Gasteiger partial charge in [-0.25, -0.2) is 0 Å². The van der Waals surface area contributed by atoms with Crippen LogP contribution in [0.5, 0.6) is 0 Å². The summed E-state index contributed by atoms with van der Waals surface area (Å²) in [6.07, 6.45) is 7.96. The molecule has 1 aromatic heterocycles. The maximum Gasteiger partial charge on any atom is 0.0736 e. The third-order valence-electron chi connectivity index (χ3n) is 4.19. The molecule has 0 amide bonds. The fourth-order valence-corrected chi connectivity index (χ4v) is 3.46. The lowest BCUT2D eigenvalue weighted by molar-refractivity contribution is -0.0473. The average molecular weight is 326 g/mol. The van der Waals surface area contributed by atoms with Crippen molar-refractivity contribution in [1.29, 1.82) is 0 Å². The zero-order valence-electron chi connectivity index (χ0n) is 12.1. The molecule has 0 bridgehead atoms. The van der Waals surface area contributed by atoms with Crippen LogP contribution in [0.15, 0.2) is 22.9 Å². The predicted molar refractivity (Wildman–Crippen MR) is 81.9 cm³/mol. The van der Waals surface area contributed by atoms with Crippen LogP contribution in [0, 0.1) is 17.8 Å². The van der Waals surface area contributed by atoms with Gasteiger partial charge in [0.2, 0.25) is 0 Å². The van der Waals surface area contributed by atoms with Crippen LogP contribution in [0.4, 0.5) is 0 Å². The molecule has 1 fully saturated rings. The fourth-order valence-electron chi connectivity index (χ4n) is 3.04. The number of halogens is 1. The van der Waals surface area contributed by atoms with E-state index in [2.05, 4.69) is 47.8 Å². The lowest BCUT2D eigenvalue weighted by atomic mass is 9.75. The van der Waals surface area contributed by atoms with Gasteiger partial charge in [0.25, 0.3) is 0 Å². The molecule has 19 heavy (non-hydrogen) atoms. The smallest absolute Gasteiger partial charge is 0.0736 e. The third-order valence-corrected chi connectivity index (χ3v) is 4.62. The molecule has 0 N–H and O–H groups in total. The molecule has 3 unspecified atom stereocenters. The summed E-state index contributed by atoms with van der Waals surface area (Å²) in [6, 6.07) is 2.09. The predicted octanol–water partition coefficient (Wildman–Crippen LogP) is 4.82. The Labute approximate surface area is 125 Å². The Hall–Kier alpha value is -0.410. The molecule has 1 heterocycles.